The topological polar surface area (TPSA) is 96.0 Å². The van der Waals surface area contributed by atoms with Crippen molar-refractivity contribution in [1.82, 2.24) is 9.13 Å². The van der Waals surface area contributed by atoms with Crippen LogP contribution in [0.1, 0.15) is 1.43 Å². The van der Waals surface area contributed by atoms with E-state index in [1.54, 1.807) is 0 Å². The maximum absolute atomic E-state index is 11.2. The van der Waals surface area contributed by atoms with Crippen LogP contribution in [0.3, 0.4) is 0 Å². The number of nitrogens with two attached hydrogens (primary N) is 2. The Morgan fingerprint density at radius 3 is 2.17 bits per heavy atom. The predicted octanol–water partition coefficient (Wildman–Crippen LogP) is -1.51. The van der Waals surface area contributed by atoms with Crippen LogP contribution < -0.4 is 22.7 Å². The van der Waals surface area contributed by atoms with E-state index < -0.39 is 11.2 Å². The van der Waals surface area contributed by atoms with Crippen molar-refractivity contribution in [2.24, 2.45) is 14.1 Å². The second kappa shape index (κ2) is 2.40. The fourth-order valence-electron chi connectivity index (χ4n) is 0.886. The molecular formula is C6H12N4O2. The molecule has 0 saturated carbocycles. The molecule has 0 atom stereocenters. The fraction of sp³-hybridized carbons (Fsp3) is 0.333. The third kappa shape index (κ3) is 0.884. The van der Waals surface area contributed by atoms with Crippen molar-refractivity contribution in [2.45, 2.75) is 0 Å². The van der Waals surface area contributed by atoms with Gasteiger partial charge in [0.1, 0.15) is 11.5 Å². The minimum absolute atomic E-state index is 0. The molecular weight excluding hydrogens is 160 g/mol. The highest BCUT2D eigenvalue weighted by atomic mass is 16.2. The number of anilines is 2. The summed E-state index contributed by atoms with van der Waals surface area (Å²) in [7, 11) is 2.80. The van der Waals surface area contributed by atoms with E-state index in [2.05, 4.69) is 0 Å². The Labute approximate surface area is 69.5 Å². The lowest BCUT2D eigenvalue weighted by atomic mass is 10.4. The van der Waals surface area contributed by atoms with Crippen molar-refractivity contribution in [1.29, 1.82) is 0 Å². The van der Waals surface area contributed by atoms with Gasteiger partial charge in [0.05, 0.1) is 0 Å². The Hall–Kier alpha value is -1.72. The van der Waals surface area contributed by atoms with Crippen LogP contribution in [0.25, 0.3) is 0 Å². The summed E-state index contributed by atoms with van der Waals surface area (Å²) in [6, 6.07) is 0. The minimum Gasteiger partial charge on any atom is -0.391 e. The van der Waals surface area contributed by atoms with Gasteiger partial charge in [0.15, 0.2) is 0 Å². The first-order valence-corrected chi connectivity index (χ1v) is 3.27. The molecule has 1 rings (SSSR count). The summed E-state index contributed by atoms with van der Waals surface area (Å²) >= 11 is 0. The van der Waals surface area contributed by atoms with E-state index in [1.165, 1.54) is 14.1 Å². The highest BCUT2D eigenvalue weighted by molar-refractivity contribution is 5.56. The van der Waals surface area contributed by atoms with Gasteiger partial charge in [0.25, 0.3) is 5.56 Å². The fourth-order valence-corrected chi connectivity index (χ4v) is 0.886. The van der Waals surface area contributed by atoms with Crippen LogP contribution in [0, 0.1) is 0 Å². The predicted molar refractivity (Wildman–Crippen MR) is 47.9 cm³/mol. The van der Waals surface area contributed by atoms with Gasteiger partial charge in [-0.2, -0.15) is 0 Å². The number of rotatable bonds is 0. The van der Waals surface area contributed by atoms with Crippen molar-refractivity contribution in [3.63, 3.8) is 0 Å². The molecule has 1 heterocycles. The third-order valence-corrected chi connectivity index (χ3v) is 1.75. The SMILES string of the molecule is Cn1c(N)c(N)c(=O)n(C)c1=O.[HH]. The lowest BCUT2D eigenvalue weighted by Gasteiger charge is -2.07. The van der Waals surface area contributed by atoms with E-state index in [4.69, 9.17) is 11.5 Å². The number of aromatic nitrogens is 2. The van der Waals surface area contributed by atoms with Gasteiger partial charge >= 0.3 is 5.69 Å². The maximum Gasteiger partial charge on any atom is 0.332 e. The molecule has 1 aromatic heterocycles. The molecule has 0 fully saturated rings. The van der Waals surface area contributed by atoms with Crippen molar-refractivity contribution >= 4 is 11.5 Å². The number of hydrogen-bond acceptors (Lipinski definition) is 4. The molecule has 6 heteroatoms. The highest BCUT2D eigenvalue weighted by Crippen LogP contribution is 2.01. The second-order valence-electron chi connectivity index (χ2n) is 2.50. The van der Waals surface area contributed by atoms with Crippen molar-refractivity contribution in [3.05, 3.63) is 20.8 Å². The van der Waals surface area contributed by atoms with Gasteiger partial charge < -0.3 is 11.5 Å². The standard InChI is InChI=1S/C6H10N4O2.H2/c1-9-4(8)3(7)5(11)10(2)6(9)12;/h7-8H2,1-2H3;1H. The van der Waals surface area contributed by atoms with E-state index in [-0.39, 0.29) is 12.9 Å². The molecule has 68 valence electrons. The lowest BCUT2D eigenvalue weighted by molar-refractivity contribution is 0.698. The van der Waals surface area contributed by atoms with Crippen LogP contribution >= 0.6 is 0 Å². The zero-order chi connectivity index (χ0) is 9.46. The largest absolute Gasteiger partial charge is 0.391 e. The molecule has 0 radical (unpaired) electrons. The summed E-state index contributed by atoms with van der Waals surface area (Å²) in [6.07, 6.45) is 0. The molecule has 1 aromatic rings. The van der Waals surface area contributed by atoms with Crippen LogP contribution in [0.15, 0.2) is 9.59 Å². The normalized spacial score (nSPS) is 10.2. The second-order valence-corrected chi connectivity index (χ2v) is 2.50. The molecule has 12 heavy (non-hydrogen) atoms. The molecule has 4 N–H and O–H groups in total. The average molecular weight is 172 g/mol. The molecule has 0 spiro atoms. The first-order chi connectivity index (χ1) is 5.46. The van der Waals surface area contributed by atoms with Crippen LogP contribution in [0.4, 0.5) is 11.5 Å². The molecule has 0 saturated heterocycles. The number of hydrogen-bond donors (Lipinski definition) is 2. The van der Waals surface area contributed by atoms with Crippen LogP contribution in [-0.2, 0) is 14.1 Å². The van der Waals surface area contributed by atoms with E-state index in [9.17, 15) is 9.59 Å². The van der Waals surface area contributed by atoms with Crippen molar-refractivity contribution in [2.75, 3.05) is 11.5 Å². The van der Waals surface area contributed by atoms with Gasteiger partial charge in [-0.25, -0.2) is 4.79 Å². The van der Waals surface area contributed by atoms with E-state index in [0.717, 1.165) is 9.13 Å². The summed E-state index contributed by atoms with van der Waals surface area (Å²) < 4.78 is 2.03. The summed E-state index contributed by atoms with van der Waals surface area (Å²) in [6.45, 7) is 0. The van der Waals surface area contributed by atoms with Crippen LogP contribution in [0.5, 0.6) is 0 Å². The van der Waals surface area contributed by atoms with Gasteiger partial charge in [-0.05, 0) is 0 Å². The van der Waals surface area contributed by atoms with Crippen LogP contribution in [-0.4, -0.2) is 9.13 Å². The molecule has 0 aliphatic heterocycles. The zero-order valence-corrected chi connectivity index (χ0v) is 6.87. The van der Waals surface area contributed by atoms with E-state index in [1.807, 2.05) is 0 Å². The molecule has 0 aliphatic carbocycles. The zero-order valence-electron chi connectivity index (χ0n) is 6.87. The lowest BCUT2D eigenvalue weighted by Crippen LogP contribution is -2.39. The van der Waals surface area contributed by atoms with Gasteiger partial charge in [0.2, 0.25) is 0 Å². The highest BCUT2D eigenvalue weighted by Gasteiger charge is 2.08. The molecule has 0 aliphatic rings. The monoisotopic (exact) mass is 172 g/mol. The summed E-state index contributed by atoms with van der Waals surface area (Å²) in [5.41, 5.74) is 9.57. The smallest absolute Gasteiger partial charge is 0.332 e. The molecule has 6 nitrogen and oxygen atoms in total. The van der Waals surface area contributed by atoms with Crippen molar-refractivity contribution < 1.29 is 1.43 Å². The minimum atomic E-state index is -0.560. The quantitative estimate of drug-likeness (QED) is 0.497. The Morgan fingerprint density at radius 1 is 1.17 bits per heavy atom. The summed E-state index contributed by atoms with van der Waals surface area (Å²) in [4.78, 5) is 22.3. The van der Waals surface area contributed by atoms with Gasteiger partial charge in [0, 0.05) is 15.5 Å². The Kier molecular flexibility index (Phi) is 1.68. The Balaban J connectivity index is 0.00000144. The molecule has 0 unspecified atom stereocenters. The van der Waals surface area contributed by atoms with E-state index in [0.29, 0.717) is 0 Å². The van der Waals surface area contributed by atoms with Crippen LogP contribution in [0.2, 0.25) is 0 Å². The Bertz CT molecular complexity index is 396. The van der Waals surface area contributed by atoms with E-state index >= 15 is 0 Å². The van der Waals surface area contributed by atoms with Gasteiger partial charge in [-0.15, -0.1) is 0 Å². The molecule has 0 bridgehead atoms. The first kappa shape index (κ1) is 8.38. The molecule has 0 amide bonds. The number of nitrogens with zero attached hydrogens (tertiary/aromatic N) is 2. The van der Waals surface area contributed by atoms with Gasteiger partial charge in [-0.3, -0.25) is 13.9 Å². The average Bonchev–Trinajstić information content (AvgIpc) is 2.08. The van der Waals surface area contributed by atoms with Gasteiger partial charge in [-0.1, -0.05) is 0 Å². The van der Waals surface area contributed by atoms with Crippen molar-refractivity contribution in [3.8, 4) is 0 Å². The number of nitrogen functional groups attached to an aromatic ring is 2. The first-order valence-electron chi connectivity index (χ1n) is 3.27. The summed E-state index contributed by atoms with van der Waals surface area (Å²) in [5, 5.41) is 0. The summed E-state index contributed by atoms with van der Waals surface area (Å²) in [5.74, 6) is 0.00287. The third-order valence-electron chi connectivity index (χ3n) is 1.75. The Morgan fingerprint density at radius 2 is 1.67 bits per heavy atom. The molecule has 0 aromatic carbocycles. The maximum atomic E-state index is 11.2.